The fraction of sp³-hybridized carbons (Fsp3) is 0.450. The number of aromatic amines is 1. The lowest BCUT2D eigenvalue weighted by atomic mass is 9.73. The Balaban J connectivity index is 1.56. The summed E-state index contributed by atoms with van der Waals surface area (Å²) in [6, 6.07) is 8.24. The van der Waals surface area contributed by atoms with Gasteiger partial charge in [0, 0.05) is 18.7 Å². The standard InChI is InChI=1S/C20H23N3O5/c24-16-4-2-1-3-13(16)14-9-15(22-21-14)18(26)23-8-7-17(25)20(11-23,19(27)28)10-12-5-6-12/h1-4,9,12,17,24-25H,5-8,10-11H2,(H,21,22)(H,27,28)/t17-,20-/m1/s1. The Kier molecular flexibility index (Phi) is 4.58. The molecule has 2 aliphatic rings. The van der Waals surface area contributed by atoms with Crippen LogP contribution in [-0.2, 0) is 4.79 Å². The largest absolute Gasteiger partial charge is 0.507 e. The molecule has 0 unspecified atom stereocenters. The topological polar surface area (TPSA) is 127 Å². The second kappa shape index (κ2) is 6.94. The molecule has 1 aliphatic carbocycles. The van der Waals surface area contributed by atoms with Gasteiger partial charge in [0.1, 0.15) is 16.9 Å². The molecule has 0 bridgehead atoms. The molecule has 2 heterocycles. The van der Waals surface area contributed by atoms with Crippen molar-refractivity contribution in [3.63, 3.8) is 0 Å². The molecule has 1 amide bonds. The summed E-state index contributed by atoms with van der Waals surface area (Å²) in [5.41, 5.74) is -0.169. The van der Waals surface area contributed by atoms with Crippen molar-refractivity contribution in [2.24, 2.45) is 11.3 Å². The monoisotopic (exact) mass is 385 g/mol. The number of carboxylic acids is 1. The highest BCUT2D eigenvalue weighted by Gasteiger charge is 2.52. The molecule has 1 aliphatic heterocycles. The summed E-state index contributed by atoms with van der Waals surface area (Å²) >= 11 is 0. The summed E-state index contributed by atoms with van der Waals surface area (Å²) in [7, 11) is 0. The van der Waals surface area contributed by atoms with E-state index in [4.69, 9.17) is 0 Å². The van der Waals surface area contributed by atoms with E-state index in [-0.39, 0.29) is 36.9 Å². The van der Waals surface area contributed by atoms with Crippen LogP contribution in [0.3, 0.4) is 0 Å². The number of aliphatic carboxylic acids is 1. The zero-order chi connectivity index (χ0) is 19.9. The van der Waals surface area contributed by atoms with Crippen molar-refractivity contribution in [2.45, 2.75) is 31.8 Å². The molecule has 1 aromatic carbocycles. The van der Waals surface area contributed by atoms with E-state index in [1.54, 1.807) is 24.3 Å². The quantitative estimate of drug-likeness (QED) is 0.622. The maximum Gasteiger partial charge on any atom is 0.314 e. The Labute approximate surface area is 161 Å². The van der Waals surface area contributed by atoms with Gasteiger partial charge in [-0.3, -0.25) is 14.7 Å². The van der Waals surface area contributed by atoms with Crippen LogP contribution in [0.5, 0.6) is 5.75 Å². The van der Waals surface area contributed by atoms with Gasteiger partial charge in [0.25, 0.3) is 5.91 Å². The summed E-state index contributed by atoms with van der Waals surface area (Å²) in [6.45, 7) is 0.258. The van der Waals surface area contributed by atoms with E-state index in [9.17, 15) is 24.9 Å². The van der Waals surface area contributed by atoms with Gasteiger partial charge < -0.3 is 20.2 Å². The third-order valence-electron chi connectivity index (χ3n) is 5.83. The maximum atomic E-state index is 13.0. The first-order valence-electron chi connectivity index (χ1n) is 9.45. The second-order valence-corrected chi connectivity index (χ2v) is 7.82. The number of nitrogens with one attached hydrogen (secondary N) is 1. The molecule has 2 atom stereocenters. The number of hydrogen-bond donors (Lipinski definition) is 4. The van der Waals surface area contributed by atoms with Gasteiger partial charge in [-0.15, -0.1) is 0 Å². The number of aliphatic hydroxyl groups excluding tert-OH is 1. The SMILES string of the molecule is O=C(c1cc(-c2ccccc2O)n[nH]1)N1CC[C@@H](O)[C@](CC2CC2)(C(=O)O)C1. The average Bonchev–Trinajstić information content (AvgIpc) is 3.35. The van der Waals surface area contributed by atoms with Gasteiger partial charge in [0.15, 0.2) is 0 Å². The minimum atomic E-state index is -1.32. The molecule has 2 fully saturated rings. The fourth-order valence-electron chi connectivity index (χ4n) is 4.02. The molecule has 8 nitrogen and oxygen atoms in total. The molecule has 2 aromatic rings. The summed E-state index contributed by atoms with van der Waals surface area (Å²) in [5, 5.41) is 37.1. The van der Waals surface area contributed by atoms with Crippen LogP contribution in [-0.4, -0.2) is 61.5 Å². The minimum absolute atomic E-state index is 0.0240. The molecule has 1 saturated heterocycles. The Morgan fingerprint density at radius 1 is 1.25 bits per heavy atom. The molecule has 148 valence electrons. The molecular weight excluding hydrogens is 362 g/mol. The third-order valence-corrected chi connectivity index (χ3v) is 5.83. The van der Waals surface area contributed by atoms with Crippen molar-refractivity contribution < 1.29 is 24.9 Å². The van der Waals surface area contributed by atoms with Gasteiger partial charge in [-0.1, -0.05) is 25.0 Å². The molecule has 0 radical (unpaired) electrons. The Bertz CT molecular complexity index is 907. The van der Waals surface area contributed by atoms with Crippen molar-refractivity contribution in [1.29, 1.82) is 0 Å². The van der Waals surface area contributed by atoms with Crippen LogP contribution in [0.25, 0.3) is 11.3 Å². The van der Waals surface area contributed by atoms with E-state index in [1.807, 2.05) is 0 Å². The molecule has 8 heteroatoms. The highest BCUT2D eigenvalue weighted by Crippen LogP contribution is 2.45. The molecule has 4 N–H and O–H groups in total. The lowest BCUT2D eigenvalue weighted by molar-refractivity contribution is -0.163. The minimum Gasteiger partial charge on any atom is -0.507 e. The normalized spacial score (nSPS) is 24.9. The number of carboxylic acid groups (broad SMARTS) is 1. The number of phenols is 1. The summed E-state index contributed by atoms with van der Waals surface area (Å²) in [6.07, 6.45) is 1.60. The fourth-order valence-corrected chi connectivity index (χ4v) is 4.02. The predicted octanol–water partition coefficient (Wildman–Crippen LogP) is 1.86. The first-order chi connectivity index (χ1) is 13.4. The number of rotatable bonds is 5. The van der Waals surface area contributed by atoms with E-state index in [2.05, 4.69) is 10.2 Å². The van der Waals surface area contributed by atoms with Crippen molar-refractivity contribution in [2.75, 3.05) is 13.1 Å². The smallest absolute Gasteiger partial charge is 0.314 e. The molecule has 4 rings (SSSR count). The number of likely N-dealkylation sites (tertiary alicyclic amines) is 1. The molecule has 0 spiro atoms. The van der Waals surface area contributed by atoms with Crippen LogP contribution < -0.4 is 0 Å². The lowest BCUT2D eigenvalue weighted by Gasteiger charge is -2.43. The van der Waals surface area contributed by atoms with Crippen LogP contribution in [0.4, 0.5) is 0 Å². The first kappa shape index (κ1) is 18.5. The average molecular weight is 385 g/mol. The maximum absolute atomic E-state index is 13.0. The van der Waals surface area contributed by atoms with Gasteiger partial charge in [-0.2, -0.15) is 5.10 Å². The number of hydrogen-bond acceptors (Lipinski definition) is 5. The van der Waals surface area contributed by atoms with E-state index < -0.39 is 17.5 Å². The Morgan fingerprint density at radius 2 is 2.00 bits per heavy atom. The predicted molar refractivity (Wildman–Crippen MR) is 99.6 cm³/mol. The summed E-state index contributed by atoms with van der Waals surface area (Å²) < 4.78 is 0. The van der Waals surface area contributed by atoms with Crippen molar-refractivity contribution in [3.8, 4) is 17.0 Å². The Hall–Kier alpha value is -2.87. The molecule has 1 saturated carbocycles. The number of benzene rings is 1. The van der Waals surface area contributed by atoms with Gasteiger partial charge in [0.2, 0.25) is 0 Å². The number of aliphatic hydroxyl groups is 1. The van der Waals surface area contributed by atoms with Crippen molar-refractivity contribution in [3.05, 3.63) is 36.0 Å². The number of nitrogens with zero attached hydrogens (tertiary/aromatic N) is 2. The van der Waals surface area contributed by atoms with Crippen molar-refractivity contribution >= 4 is 11.9 Å². The number of phenolic OH excluding ortho intramolecular Hbond substituents is 1. The lowest BCUT2D eigenvalue weighted by Crippen LogP contribution is -2.57. The third kappa shape index (κ3) is 3.24. The number of para-hydroxylation sites is 1. The highest BCUT2D eigenvalue weighted by atomic mass is 16.4. The summed E-state index contributed by atoms with van der Waals surface area (Å²) in [4.78, 5) is 26.5. The van der Waals surface area contributed by atoms with Crippen LogP contribution in [0.1, 0.15) is 36.2 Å². The summed E-state index contributed by atoms with van der Waals surface area (Å²) in [5.74, 6) is -1.05. The number of H-pyrrole nitrogens is 1. The van der Waals surface area contributed by atoms with E-state index in [0.29, 0.717) is 23.6 Å². The van der Waals surface area contributed by atoms with E-state index in [0.717, 1.165) is 12.8 Å². The molecule has 28 heavy (non-hydrogen) atoms. The number of carbonyl (C=O) groups is 2. The van der Waals surface area contributed by atoms with Gasteiger partial charge in [0.05, 0.1) is 11.8 Å². The molecular formula is C20H23N3O5. The molecule has 1 aromatic heterocycles. The zero-order valence-electron chi connectivity index (χ0n) is 15.3. The highest BCUT2D eigenvalue weighted by molar-refractivity contribution is 5.94. The van der Waals surface area contributed by atoms with E-state index >= 15 is 0 Å². The van der Waals surface area contributed by atoms with Crippen molar-refractivity contribution in [1.82, 2.24) is 15.1 Å². The van der Waals surface area contributed by atoms with Crippen LogP contribution >= 0.6 is 0 Å². The Morgan fingerprint density at radius 3 is 2.68 bits per heavy atom. The number of carbonyl (C=O) groups excluding carboxylic acids is 1. The number of aromatic hydroxyl groups is 1. The van der Waals surface area contributed by atoms with Gasteiger partial charge in [-0.25, -0.2) is 0 Å². The number of amides is 1. The second-order valence-electron chi connectivity index (χ2n) is 7.82. The first-order valence-corrected chi connectivity index (χ1v) is 9.45. The van der Waals surface area contributed by atoms with E-state index in [1.165, 1.54) is 11.0 Å². The van der Waals surface area contributed by atoms with Crippen LogP contribution in [0.2, 0.25) is 0 Å². The number of piperidine rings is 1. The van der Waals surface area contributed by atoms with Gasteiger partial charge >= 0.3 is 5.97 Å². The van der Waals surface area contributed by atoms with Gasteiger partial charge in [-0.05, 0) is 37.0 Å². The van der Waals surface area contributed by atoms with Crippen LogP contribution in [0, 0.1) is 11.3 Å². The zero-order valence-corrected chi connectivity index (χ0v) is 15.3. The number of aromatic nitrogens is 2. The van der Waals surface area contributed by atoms with Crippen LogP contribution in [0.15, 0.2) is 30.3 Å².